The average molecular weight is 369 g/mol. The second-order valence-corrected chi connectivity index (χ2v) is 8.01. The minimum atomic E-state index is -3.73. The molecule has 26 heavy (non-hydrogen) atoms. The third-order valence-electron chi connectivity index (χ3n) is 4.64. The molecule has 0 bridgehead atoms. The van der Waals surface area contributed by atoms with Gasteiger partial charge in [0.15, 0.2) is 0 Å². The molecule has 0 saturated carbocycles. The van der Waals surface area contributed by atoms with Crippen LogP contribution in [0.4, 0.5) is 5.69 Å². The standard InChI is InChI=1S/C18H19N5O2S/c1-12-5-6-15(26(19,24)25)9-14(12)10-23-11-17(21-22-23)16-4-2-3-13-7-8-20-18(13)16/h2-6,9,11,20H,7-8,10H2,1H3,(H2,19,24,25). The largest absolute Gasteiger partial charge is 0.384 e. The van der Waals surface area contributed by atoms with Crippen LogP contribution in [0.2, 0.25) is 0 Å². The third-order valence-corrected chi connectivity index (χ3v) is 5.55. The molecule has 0 saturated heterocycles. The predicted molar refractivity (Wildman–Crippen MR) is 99.3 cm³/mol. The van der Waals surface area contributed by atoms with Crippen LogP contribution in [0.1, 0.15) is 16.7 Å². The number of aryl methyl sites for hydroxylation is 1. The van der Waals surface area contributed by atoms with Crippen molar-refractivity contribution in [3.05, 3.63) is 59.3 Å². The van der Waals surface area contributed by atoms with E-state index >= 15 is 0 Å². The fraction of sp³-hybridized carbons (Fsp3) is 0.222. The van der Waals surface area contributed by atoms with Gasteiger partial charge < -0.3 is 5.32 Å². The van der Waals surface area contributed by atoms with Crippen LogP contribution in [-0.4, -0.2) is 30.0 Å². The zero-order valence-corrected chi connectivity index (χ0v) is 15.1. The Bertz CT molecular complexity index is 1090. The molecule has 2 aromatic carbocycles. The SMILES string of the molecule is Cc1ccc(S(N)(=O)=O)cc1Cn1cc(-c2cccc3c2NCC3)nn1. The van der Waals surface area contributed by atoms with Crippen LogP contribution in [0.3, 0.4) is 0 Å². The lowest BCUT2D eigenvalue weighted by molar-refractivity contribution is 0.597. The van der Waals surface area contributed by atoms with Crippen molar-refractivity contribution in [2.75, 3.05) is 11.9 Å². The summed E-state index contributed by atoms with van der Waals surface area (Å²) in [4.78, 5) is 0.100. The van der Waals surface area contributed by atoms with E-state index in [2.05, 4.69) is 21.7 Å². The van der Waals surface area contributed by atoms with Crippen molar-refractivity contribution in [1.82, 2.24) is 15.0 Å². The summed E-state index contributed by atoms with van der Waals surface area (Å²) in [6, 6.07) is 11.0. The van der Waals surface area contributed by atoms with Gasteiger partial charge in [0.1, 0.15) is 5.69 Å². The third kappa shape index (κ3) is 3.09. The summed E-state index contributed by atoms with van der Waals surface area (Å²) < 4.78 is 24.9. The molecule has 7 nitrogen and oxygen atoms in total. The number of nitrogens with one attached hydrogen (secondary N) is 1. The van der Waals surface area contributed by atoms with Crippen molar-refractivity contribution in [1.29, 1.82) is 0 Å². The molecule has 1 aliphatic heterocycles. The fourth-order valence-electron chi connectivity index (χ4n) is 3.22. The van der Waals surface area contributed by atoms with E-state index in [0.717, 1.165) is 41.0 Å². The van der Waals surface area contributed by atoms with Gasteiger partial charge in [-0.15, -0.1) is 5.10 Å². The number of para-hydroxylation sites is 1. The van der Waals surface area contributed by atoms with Crippen LogP contribution in [0, 0.1) is 6.92 Å². The molecule has 8 heteroatoms. The van der Waals surface area contributed by atoms with Crippen molar-refractivity contribution >= 4 is 15.7 Å². The van der Waals surface area contributed by atoms with Crippen LogP contribution in [0.25, 0.3) is 11.3 Å². The van der Waals surface area contributed by atoms with E-state index in [4.69, 9.17) is 5.14 Å². The minimum absolute atomic E-state index is 0.100. The molecule has 0 radical (unpaired) electrons. The topological polar surface area (TPSA) is 103 Å². The van der Waals surface area contributed by atoms with Gasteiger partial charge >= 0.3 is 0 Å². The zero-order valence-electron chi connectivity index (χ0n) is 14.3. The number of sulfonamides is 1. The summed E-state index contributed by atoms with van der Waals surface area (Å²) in [5.74, 6) is 0. The molecule has 0 aliphatic carbocycles. The molecule has 2 heterocycles. The van der Waals surface area contributed by atoms with Gasteiger partial charge in [-0.1, -0.05) is 29.5 Å². The quantitative estimate of drug-likeness (QED) is 0.731. The highest BCUT2D eigenvalue weighted by atomic mass is 32.2. The lowest BCUT2D eigenvalue weighted by Crippen LogP contribution is -2.13. The normalized spacial score (nSPS) is 13.5. The molecule has 0 spiro atoms. The van der Waals surface area contributed by atoms with Gasteiger partial charge in [-0.2, -0.15) is 0 Å². The lowest BCUT2D eigenvalue weighted by Gasteiger charge is -2.08. The first-order valence-electron chi connectivity index (χ1n) is 8.30. The highest BCUT2D eigenvalue weighted by molar-refractivity contribution is 7.89. The summed E-state index contributed by atoms with van der Waals surface area (Å²) in [6.07, 6.45) is 2.88. The van der Waals surface area contributed by atoms with Crippen molar-refractivity contribution in [2.45, 2.75) is 24.8 Å². The zero-order chi connectivity index (χ0) is 18.3. The Balaban J connectivity index is 1.65. The van der Waals surface area contributed by atoms with Gasteiger partial charge in [-0.25, -0.2) is 18.2 Å². The minimum Gasteiger partial charge on any atom is -0.384 e. The second-order valence-electron chi connectivity index (χ2n) is 6.45. The number of hydrogen-bond donors (Lipinski definition) is 2. The van der Waals surface area contributed by atoms with E-state index in [9.17, 15) is 8.42 Å². The highest BCUT2D eigenvalue weighted by Crippen LogP contribution is 2.33. The van der Waals surface area contributed by atoms with Crippen molar-refractivity contribution in [2.24, 2.45) is 5.14 Å². The fourth-order valence-corrected chi connectivity index (χ4v) is 3.79. The van der Waals surface area contributed by atoms with Crippen molar-refractivity contribution < 1.29 is 8.42 Å². The van der Waals surface area contributed by atoms with Crippen LogP contribution >= 0.6 is 0 Å². The molecule has 0 fully saturated rings. The number of aromatic nitrogens is 3. The predicted octanol–water partition coefficient (Wildman–Crippen LogP) is 1.92. The molecule has 3 N–H and O–H groups in total. The number of rotatable bonds is 4. The van der Waals surface area contributed by atoms with Crippen molar-refractivity contribution in [3.63, 3.8) is 0 Å². The van der Waals surface area contributed by atoms with E-state index in [1.165, 1.54) is 11.6 Å². The number of nitrogens with two attached hydrogens (primary N) is 1. The molecule has 4 rings (SSSR count). The Morgan fingerprint density at radius 2 is 2.12 bits per heavy atom. The van der Waals surface area contributed by atoms with Gasteiger partial charge in [0, 0.05) is 17.8 Å². The Labute approximate surface area is 151 Å². The number of anilines is 1. The molecule has 0 unspecified atom stereocenters. The maximum absolute atomic E-state index is 11.6. The van der Waals surface area contributed by atoms with Crippen LogP contribution in [-0.2, 0) is 23.0 Å². The molecule has 3 aromatic rings. The van der Waals surface area contributed by atoms with Crippen molar-refractivity contribution in [3.8, 4) is 11.3 Å². The van der Waals surface area contributed by atoms with Crippen LogP contribution in [0.5, 0.6) is 0 Å². The number of hydrogen-bond acceptors (Lipinski definition) is 5. The smallest absolute Gasteiger partial charge is 0.238 e. The summed E-state index contributed by atoms with van der Waals surface area (Å²) in [5, 5.41) is 17.1. The van der Waals surface area contributed by atoms with Gasteiger partial charge in [0.25, 0.3) is 0 Å². The maximum Gasteiger partial charge on any atom is 0.238 e. The van der Waals surface area contributed by atoms with Gasteiger partial charge in [0.2, 0.25) is 10.0 Å². The average Bonchev–Trinajstić information content (AvgIpc) is 3.24. The first kappa shape index (κ1) is 16.7. The van der Waals surface area contributed by atoms with Crippen LogP contribution < -0.4 is 10.5 Å². The first-order valence-corrected chi connectivity index (χ1v) is 9.85. The number of fused-ring (bicyclic) bond motifs is 1. The van der Waals surface area contributed by atoms with E-state index in [-0.39, 0.29) is 4.90 Å². The maximum atomic E-state index is 11.6. The summed E-state index contributed by atoms with van der Waals surface area (Å²) in [7, 11) is -3.73. The molecular formula is C18H19N5O2S. The van der Waals surface area contributed by atoms with Crippen LogP contribution in [0.15, 0.2) is 47.5 Å². The van der Waals surface area contributed by atoms with E-state index < -0.39 is 10.0 Å². The molecule has 0 atom stereocenters. The van der Waals surface area contributed by atoms with Gasteiger partial charge in [0.05, 0.1) is 17.6 Å². The second kappa shape index (κ2) is 6.22. The molecule has 134 valence electrons. The Hall–Kier alpha value is -2.71. The molecular weight excluding hydrogens is 350 g/mol. The number of primary sulfonamides is 1. The summed E-state index contributed by atoms with van der Waals surface area (Å²) in [6.45, 7) is 3.28. The monoisotopic (exact) mass is 369 g/mol. The highest BCUT2D eigenvalue weighted by Gasteiger charge is 2.17. The lowest BCUT2D eigenvalue weighted by atomic mass is 10.1. The molecule has 0 amide bonds. The Morgan fingerprint density at radius 1 is 1.27 bits per heavy atom. The Morgan fingerprint density at radius 3 is 2.92 bits per heavy atom. The number of benzene rings is 2. The number of nitrogens with zero attached hydrogens (tertiary/aromatic N) is 3. The first-order chi connectivity index (χ1) is 12.4. The van der Waals surface area contributed by atoms with Gasteiger partial charge in [-0.3, -0.25) is 0 Å². The summed E-state index contributed by atoms with van der Waals surface area (Å²) >= 11 is 0. The summed E-state index contributed by atoms with van der Waals surface area (Å²) in [5.41, 5.74) is 6.03. The van der Waals surface area contributed by atoms with E-state index in [1.54, 1.807) is 16.8 Å². The van der Waals surface area contributed by atoms with E-state index in [0.29, 0.717) is 6.54 Å². The Kier molecular flexibility index (Phi) is 4.01. The molecule has 1 aromatic heterocycles. The van der Waals surface area contributed by atoms with Gasteiger partial charge in [-0.05, 0) is 42.2 Å². The molecule has 1 aliphatic rings. The van der Waals surface area contributed by atoms with E-state index in [1.807, 2.05) is 25.3 Å².